The molecule has 0 saturated heterocycles. The fraction of sp³-hybridized carbons (Fsp3) is 0.303. The fourth-order valence-electron chi connectivity index (χ4n) is 4.98. The molecule has 0 bridgehead atoms. The minimum absolute atomic E-state index is 0.224. The zero-order valence-corrected chi connectivity index (χ0v) is 25.2. The summed E-state index contributed by atoms with van der Waals surface area (Å²) in [5, 5.41) is 11.7. The maximum atomic E-state index is 14.2. The van der Waals surface area contributed by atoms with E-state index in [-0.39, 0.29) is 11.7 Å². The number of anilines is 2. The van der Waals surface area contributed by atoms with Gasteiger partial charge in [-0.2, -0.15) is 4.98 Å². The highest BCUT2D eigenvalue weighted by Crippen LogP contribution is 2.38. The Hall–Kier alpha value is -4.11. The summed E-state index contributed by atoms with van der Waals surface area (Å²) in [6, 6.07) is 19.9. The molecule has 42 heavy (non-hydrogen) atoms. The monoisotopic (exact) mass is 585 g/mol. The number of allylic oxidation sites excluding steroid dienone is 1. The van der Waals surface area contributed by atoms with Crippen LogP contribution in [0, 0.1) is 19.7 Å². The first kappa shape index (κ1) is 29.4. The van der Waals surface area contributed by atoms with E-state index < -0.39 is 6.04 Å². The lowest BCUT2D eigenvalue weighted by Gasteiger charge is -2.29. The number of fused-ring (bicyclic) bond motifs is 1. The molecule has 1 aliphatic rings. The lowest BCUT2D eigenvalue weighted by molar-refractivity contribution is -0.113. The number of hydrogen-bond acceptors (Lipinski definition) is 6. The third-order valence-electron chi connectivity index (χ3n) is 7.23. The number of aryl methyl sites for hydroxylation is 2. The molecule has 1 aliphatic heterocycles. The second kappa shape index (κ2) is 13.2. The van der Waals surface area contributed by atoms with Gasteiger partial charge in [-0.15, -0.1) is 5.10 Å². The minimum atomic E-state index is -0.531. The van der Waals surface area contributed by atoms with Gasteiger partial charge in [0.15, 0.2) is 0 Å². The highest BCUT2D eigenvalue weighted by molar-refractivity contribution is 7.98. The van der Waals surface area contributed by atoms with Gasteiger partial charge in [-0.1, -0.05) is 79.6 Å². The van der Waals surface area contributed by atoms with Crippen molar-refractivity contribution in [2.24, 2.45) is 0 Å². The van der Waals surface area contributed by atoms with Crippen molar-refractivity contribution in [3.8, 4) is 5.75 Å². The van der Waals surface area contributed by atoms with E-state index in [0.29, 0.717) is 40.3 Å². The molecule has 0 fully saturated rings. The van der Waals surface area contributed by atoms with Crippen LogP contribution in [0.15, 0.2) is 83.2 Å². The summed E-state index contributed by atoms with van der Waals surface area (Å²) in [5.41, 5.74) is 5.55. The van der Waals surface area contributed by atoms with Crippen molar-refractivity contribution in [2.75, 3.05) is 17.2 Å². The average Bonchev–Trinajstić information content (AvgIpc) is 3.38. The quantitative estimate of drug-likeness (QED) is 0.138. The number of benzene rings is 3. The smallest absolute Gasteiger partial charge is 0.255 e. The highest BCUT2D eigenvalue weighted by Gasteiger charge is 2.34. The SMILES string of the molecule is CCCCCOc1ccc(C2C(C(=O)Nc3ccc(C)cc3C)=C(C)Nc3nc(SCc4ccccc4F)nn32)cc1. The van der Waals surface area contributed by atoms with E-state index in [0.717, 1.165) is 47.4 Å². The van der Waals surface area contributed by atoms with Gasteiger partial charge in [-0.3, -0.25) is 4.79 Å². The number of nitrogens with zero attached hydrogens (tertiary/aromatic N) is 3. The Kier molecular flexibility index (Phi) is 9.27. The Labute approximate surface area is 250 Å². The van der Waals surface area contributed by atoms with Gasteiger partial charge in [0.1, 0.15) is 17.6 Å². The Morgan fingerprint density at radius 2 is 1.86 bits per heavy atom. The zero-order valence-electron chi connectivity index (χ0n) is 24.4. The van der Waals surface area contributed by atoms with E-state index >= 15 is 0 Å². The maximum Gasteiger partial charge on any atom is 0.255 e. The van der Waals surface area contributed by atoms with Crippen molar-refractivity contribution >= 4 is 29.3 Å². The third-order valence-corrected chi connectivity index (χ3v) is 8.12. The summed E-state index contributed by atoms with van der Waals surface area (Å²) < 4.78 is 21.9. The Morgan fingerprint density at radius 1 is 1.07 bits per heavy atom. The highest BCUT2D eigenvalue weighted by atomic mass is 32.2. The number of thioether (sulfide) groups is 1. The van der Waals surface area contributed by atoms with E-state index in [1.807, 2.05) is 69.3 Å². The second-order valence-electron chi connectivity index (χ2n) is 10.5. The molecule has 3 aromatic carbocycles. The van der Waals surface area contributed by atoms with Crippen LogP contribution in [0.1, 0.15) is 61.4 Å². The van der Waals surface area contributed by atoms with Crippen molar-refractivity contribution in [1.29, 1.82) is 0 Å². The Balaban J connectivity index is 1.46. The van der Waals surface area contributed by atoms with Gasteiger partial charge in [-0.05, 0) is 68.1 Å². The van der Waals surface area contributed by atoms with Gasteiger partial charge >= 0.3 is 0 Å². The lowest BCUT2D eigenvalue weighted by atomic mass is 9.94. The average molecular weight is 586 g/mol. The summed E-state index contributed by atoms with van der Waals surface area (Å²) >= 11 is 1.35. The number of carbonyl (C=O) groups excluding carboxylic acids is 1. The van der Waals surface area contributed by atoms with Gasteiger partial charge in [0.25, 0.3) is 5.91 Å². The molecule has 4 aromatic rings. The number of hydrogen-bond donors (Lipinski definition) is 2. The molecule has 1 amide bonds. The molecule has 0 saturated carbocycles. The van der Waals surface area contributed by atoms with Crippen LogP contribution in [0.25, 0.3) is 0 Å². The standard InChI is InChI=1S/C33H36FN5O2S/c1-5-6-9-18-41-26-15-13-24(14-16-26)30-29(31(40)36-28-17-12-21(2)19-22(28)3)23(4)35-32-37-33(38-39(30)32)42-20-25-10-7-8-11-27(25)34/h7-8,10-17,19,30H,5-6,9,18,20H2,1-4H3,(H,36,40)(H,35,37,38). The molecule has 1 unspecified atom stereocenters. The van der Waals surface area contributed by atoms with Crippen LogP contribution >= 0.6 is 11.8 Å². The largest absolute Gasteiger partial charge is 0.494 e. The predicted octanol–water partition coefficient (Wildman–Crippen LogP) is 7.82. The van der Waals surface area contributed by atoms with Crippen molar-refractivity contribution in [3.63, 3.8) is 0 Å². The van der Waals surface area contributed by atoms with Crippen molar-refractivity contribution in [2.45, 2.75) is 63.9 Å². The van der Waals surface area contributed by atoms with Gasteiger partial charge in [0.2, 0.25) is 11.1 Å². The summed E-state index contributed by atoms with van der Waals surface area (Å²) in [7, 11) is 0. The Bertz CT molecular complexity index is 1600. The number of carbonyl (C=O) groups is 1. The summed E-state index contributed by atoms with van der Waals surface area (Å²) in [6.45, 7) is 8.71. The molecule has 0 spiro atoms. The summed E-state index contributed by atoms with van der Waals surface area (Å²) in [5.74, 6) is 1.21. The molecular weight excluding hydrogens is 549 g/mol. The predicted molar refractivity (Wildman–Crippen MR) is 166 cm³/mol. The fourth-order valence-corrected chi connectivity index (χ4v) is 5.80. The van der Waals surface area contributed by atoms with Crippen LogP contribution in [0.3, 0.4) is 0 Å². The number of unbranched alkanes of at least 4 members (excludes halogenated alkanes) is 2. The van der Waals surface area contributed by atoms with E-state index in [1.165, 1.54) is 17.8 Å². The van der Waals surface area contributed by atoms with Gasteiger partial charge in [0.05, 0.1) is 12.2 Å². The maximum absolute atomic E-state index is 14.2. The molecule has 7 nitrogen and oxygen atoms in total. The molecule has 218 valence electrons. The minimum Gasteiger partial charge on any atom is -0.494 e. The molecular formula is C33H36FN5O2S. The van der Waals surface area contributed by atoms with Crippen molar-refractivity contribution in [1.82, 2.24) is 14.8 Å². The van der Waals surface area contributed by atoms with Crippen LogP contribution in [-0.2, 0) is 10.5 Å². The first-order chi connectivity index (χ1) is 20.3. The van der Waals surface area contributed by atoms with Crippen LogP contribution in [0.5, 0.6) is 5.75 Å². The first-order valence-corrected chi connectivity index (χ1v) is 15.2. The molecule has 5 rings (SSSR count). The first-order valence-electron chi connectivity index (χ1n) is 14.3. The molecule has 1 aromatic heterocycles. The van der Waals surface area contributed by atoms with Gasteiger partial charge in [-0.25, -0.2) is 9.07 Å². The lowest BCUT2D eigenvalue weighted by Crippen LogP contribution is -2.31. The van der Waals surface area contributed by atoms with E-state index in [2.05, 4.69) is 22.5 Å². The summed E-state index contributed by atoms with van der Waals surface area (Å²) in [4.78, 5) is 18.6. The van der Waals surface area contributed by atoms with E-state index in [9.17, 15) is 9.18 Å². The molecule has 2 heterocycles. The number of aromatic nitrogens is 3. The Morgan fingerprint density at radius 3 is 2.60 bits per heavy atom. The number of nitrogens with one attached hydrogen (secondary N) is 2. The zero-order chi connectivity index (χ0) is 29.6. The molecule has 9 heteroatoms. The van der Waals surface area contributed by atoms with E-state index in [4.69, 9.17) is 9.84 Å². The van der Waals surface area contributed by atoms with Crippen LogP contribution in [0.2, 0.25) is 0 Å². The molecule has 0 radical (unpaired) electrons. The third kappa shape index (κ3) is 6.68. The van der Waals surface area contributed by atoms with Crippen LogP contribution < -0.4 is 15.4 Å². The normalized spacial score (nSPS) is 14.4. The van der Waals surface area contributed by atoms with E-state index in [1.54, 1.807) is 16.8 Å². The topological polar surface area (TPSA) is 81.1 Å². The summed E-state index contributed by atoms with van der Waals surface area (Å²) in [6.07, 6.45) is 3.27. The van der Waals surface area contributed by atoms with Crippen molar-refractivity contribution in [3.05, 3.63) is 106 Å². The second-order valence-corrected chi connectivity index (χ2v) is 11.4. The number of ether oxygens (including phenoxy) is 1. The molecule has 0 aliphatic carbocycles. The number of rotatable bonds is 11. The molecule has 1 atom stereocenters. The van der Waals surface area contributed by atoms with Gasteiger partial charge < -0.3 is 15.4 Å². The number of amides is 1. The number of halogens is 1. The van der Waals surface area contributed by atoms with Crippen LogP contribution in [-0.4, -0.2) is 27.3 Å². The van der Waals surface area contributed by atoms with Gasteiger partial charge in [0, 0.05) is 17.1 Å². The van der Waals surface area contributed by atoms with Crippen molar-refractivity contribution < 1.29 is 13.9 Å². The van der Waals surface area contributed by atoms with Crippen LogP contribution in [0.4, 0.5) is 16.0 Å². The molecule has 2 N–H and O–H groups in total.